The van der Waals surface area contributed by atoms with Crippen LogP contribution in [0.2, 0.25) is 0 Å². The minimum absolute atomic E-state index is 0.0646. The van der Waals surface area contributed by atoms with Gasteiger partial charge in [-0.05, 0) is 0 Å². The van der Waals surface area contributed by atoms with Gasteiger partial charge in [0.1, 0.15) is 0 Å². The van der Waals surface area contributed by atoms with Crippen molar-refractivity contribution < 1.29 is 18.7 Å². The predicted molar refractivity (Wildman–Crippen MR) is 79.6 cm³/mol. The average molecular weight is 374 g/mol. The number of hydrogen-bond acceptors (Lipinski definition) is 6. The molecule has 1 aliphatic carbocycles. The summed E-state index contributed by atoms with van der Waals surface area (Å²) in [5, 5.41) is 19.3. The molecule has 1 aliphatic rings. The number of unbranched alkanes of at least 4 members (excludes halogenated alkanes) is 2. The SMILES string of the molecule is NC1=C([N+](=O)[O-])C=CC(=NCCCCCC(=O)O)/C1=N/[Se]=O. The van der Waals surface area contributed by atoms with Crippen molar-refractivity contribution in [3.8, 4) is 0 Å². The van der Waals surface area contributed by atoms with E-state index in [0.717, 1.165) is 0 Å². The van der Waals surface area contributed by atoms with Crippen LogP contribution in [0.1, 0.15) is 25.7 Å². The molecular weight excluding hydrogens is 359 g/mol. The summed E-state index contributed by atoms with van der Waals surface area (Å²) in [4.78, 5) is 24.8. The molecule has 0 bridgehead atoms. The number of rotatable bonds is 8. The third-order valence-electron chi connectivity index (χ3n) is 2.83. The van der Waals surface area contributed by atoms with E-state index in [1.54, 1.807) is 0 Å². The third kappa shape index (κ3) is 5.30. The number of carbonyl (C=O) groups is 1. The Bertz CT molecular complexity index is 594. The van der Waals surface area contributed by atoms with E-state index in [9.17, 15) is 18.7 Å². The number of nitrogens with zero attached hydrogens (tertiary/aromatic N) is 3. The Morgan fingerprint density at radius 3 is 2.68 bits per heavy atom. The molecule has 0 unspecified atom stereocenters. The van der Waals surface area contributed by atoms with Crippen LogP contribution >= 0.6 is 0 Å². The zero-order chi connectivity index (χ0) is 16.5. The van der Waals surface area contributed by atoms with Gasteiger partial charge >= 0.3 is 132 Å². The number of hydrogen-bond donors (Lipinski definition) is 2. The maximum absolute atomic E-state index is 10.8. The molecule has 0 amide bonds. The molecule has 0 aromatic carbocycles. The van der Waals surface area contributed by atoms with Gasteiger partial charge in [0.2, 0.25) is 0 Å². The Balaban J connectivity index is 2.71. The molecule has 0 aromatic rings. The van der Waals surface area contributed by atoms with Crippen LogP contribution in [0.3, 0.4) is 0 Å². The van der Waals surface area contributed by atoms with Crippen LogP contribution < -0.4 is 5.73 Å². The zero-order valence-electron chi connectivity index (χ0n) is 11.6. The van der Waals surface area contributed by atoms with Crippen LogP contribution in [-0.4, -0.2) is 49.1 Å². The predicted octanol–water partition coefficient (Wildman–Crippen LogP) is 0.495. The van der Waals surface area contributed by atoms with E-state index in [-0.39, 0.29) is 23.5 Å². The fourth-order valence-corrected chi connectivity index (χ4v) is 2.33. The van der Waals surface area contributed by atoms with Crippen molar-refractivity contribution in [1.29, 1.82) is 0 Å². The van der Waals surface area contributed by atoms with Crippen LogP contribution in [-0.2, 0) is 8.63 Å². The van der Waals surface area contributed by atoms with Crippen molar-refractivity contribution in [2.75, 3.05) is 6.54 Å². The van der Waals surface area contributed by atoms with Gasteiger partial charge in [0, 0.05) is 0 Å². The molecule has 0 atom stereocenters. The number of nitro groups is 1. The monoisotopic (exact) mass is 375 g/mol. The molecule has 1 radical (unpaired) electrons. The van der Waals surface area contributed by atoms with Gasteiger partial charge in [-0.25, -0.2) is 0 Å². The van der Waals surface area contributed by atoms with Crippen molar-refractivity contribution in [3.05, 3.63) is 33.7 Å². The Hall–Kier alpha value is -2.19. The maximum atomic E-state index is 10.8. The quantitative estimate of drug-likeness (QED) is 0.208. The second-order valence-electron chi connectivity index (χ2n) is 4.38. The van der Waals surface area contributed by atoms with E-state index >= 15 is 0 Å². The van der Waals surface area contributed by atoms with Gasteiger partial charge in [-0.1, -0.05) is 0 Å². The molecule has 9 nitrogen and oxygen atoms in total. The van der Waals surface area contributed by atoms with Gasteiger partial charge in [0.25, 0.3) is 0 Å². The normalized spacial score (nSPS) is 18.0. The molecule has 119 valence electrons. The summed E-state index contributed by atoms with van der Waals surface area (Å²) in [5.41, 5.74) is 5.62. The van der Waals surface area contributed by atoms with Crippen molar-refractivity contribution >= 4 is 32.5 Å². The van der Waals surface area contributed by atoms with Gasteiger partial charge in [0.15, 0.2) is 0 Å². The molecule has 1 rings (SSSR count). The second-order valence-corrected chi connectivity index (χ2v) is 5.07. The summed E-state index contributed by atoms with van der Waals surface area (Å²) >= 11 is -1.32. The van der Waals surface area contributed by atoms with Crippen molar-refractivity contribution in [2.45, 2.75) is 25.7 Å². The van der Waals surface area contributed by atoms with Crippen LogP contribution in [0, 0.1) is 10.1 Å². The van der Waals surface area contributed by atoms with Gasteiger partial charge in [-0.15, -0.1) is 0 Å². The van der Waals surface area contributed by atoms with E-state index in [1.165, 1.54) is 12.2 Å². The first-order valence-corrected chi connectivity index (χ1v) is 7.90. The molecule has 0 aliphatic heterocycles. The summed E-state index contributed by atoms with van der Waals surface area (Å²) in [6, 6.07) is 0. The standard InChI is InChI=1S/C12H15N4O5Se/c13-11-9(16(19)20)6-5-8(12(11)15-22-21)14-7-3-1-2-4-10(17)18/h5-6H,1-4,7,13H2,(H,17,18)/b14-8?,15-12-. The van der Waals surface area contributed by atoms with Crippen LogP contribution in [0.25, 0.3) is 0 Å². The molecule has 0 fully saturated rings. The topological polar surface area (TPSA) is 148 Å². The first kappa shape index (κ1) is 17.9. The van der Waals surface area contributed by atoms with E-state index in [4.69, 9.17) is 10.8 Å². The molecule has 0 saturated carbocycles. The summed E-state index contributed by atoms with van der Waals surface area (Å²) in [6.07, 6.45) is 4.70. The fraction of sp³-hybridized carbons (Fsp3) is 0.417. The Morgan fingerprint density at radius 1 is 1.36 bits per heavy atom. The van der Waals surface area contributed by atoms with E-state index in [2.05, 4.69) is 9.00 Å². The summed E-state index contributed by atoms with van der Waals surface area (Å²) < 4.78 is 14.4. The van der Waals surface area contributed by atoms with E-state index < -0.39 is 26.0 Å². The number of allylic oxidation sites excluding steroid dienone is 3. The van der Waals surface area contributed by atoms with E-state index in [1.807, 2.05) is 0 Å². The molecular formula is C12H15N4O5Se. The minimum atomic E-state index is -1.32. The molecule has 0 saturated heterocycles. The van der Waals surface area contributed by atoms with Gasteiger partial charge < -0.3 is 0 Å². The molecule has 10 heteroatoms. The Kier molecular flexibility index (Phi) is 7.27. The van der Waals surface area contributed by atoms with Gasteiger partial charge in [-0.3, -0.25) is 0 Å². The number of carboxylic acid groups (broad SMARTS) is 1. The molecule has 0 heterocycles. The summed E-state index contributed by atoms with van der Waals surface area (Å²) in [7, 11) is 0. The summed E-state index contributed by atoms with van der Waals surface area (Å²) in [5.74, 6) is -0.834. The Morgan fingerprint density at radius 2 is 2.09 bits per heavy atom. The number of aliphatic imine (C=N–C) groups is 1. The first-order valence-electron chi connectivity index (χ1n) is 6.43. The zero-order valence-corrected chi connectivity index (χ0v) is 13.3. The Labute approximate surface area is 132 Å². The molecule has 0 aromatic heterocycles. The molecule has 22 heavy (non-hydrogen) atoms. The first-order chi connectivity index (χ1) is 10.5. The molecule has 0 spiro atoms. The number of nitrogens with two attached hydrogens (primary N) is 1. The van der Waals surface area contributed by atoms with Crippen LogP contribution in [0.4, 0.5) is 0 Å². The number of carboxylic acids is 1. The van der Waals surface area contributed by atoms with Crippen LogP contribution in [0.5, 0.6) is 0 Å². The van der Waals surface area contributed by atoms with Crippen LogP contribution in [0.15, 0.2) is 32.5 Å². The fourth-order valence-electron chi connectivity index (χ4n) is 1.77. The van der Waals surface area contributed by atoms with Gasteiger partial charge in [0.05, 0.1) is 0 Å². The van der Waals surface area contributed by atoms with Crippen molar-refractivity contribution in [1.82, 2.24) is 0 Å². The summed E-state index contributed by atoms with van der Waals surface area (Å²) in [6.45, 7) is 0.408. The number of aliphatic carboxylic acids is 1. The van der Waals surface area contributed by atoms with E-state index in [0.29, 0.717) is 31.5 Å². The molecule has 3 N–H and O–H groups in total. The average Bonchev–Trinajstić information content (AvgIpc) is 2.45. The second kappa shape index (κ2) is 8.96. The van der Waals surface area contributed by atoms with Crippen molar-refractivity contribution in [3.63, 3.8) is 0 Å². The van der Waals surface area contributed by atoms with Gasteiger partial charge in [-0.2, -0.15) is 0 Å². The van der Waals surface area contributed by atoms with Crippen molar-refractivity contribution in [2.24, 2.45) is 14.7 Å². The third-order valence-corrected chi connectivity index (χ3v) is 3.37.